The maximum atomic E-state index is 12.3. The van der Waals surface area contributed by atoms with Crippen LogP contribution >= 0.6 is 0 Å². The number of carbonyl (C=O) groups excluding carboxylic acids is 1. The molecule has 1 aliphatic heterocycles. The number of carbonyl (C=O) groups is 1. The Balaban J connectivity index is 1.80. The van der Waals surface area contributed by atoms with E-state index in [2.05, 4.69) is 17.1 Å². The van der Waals surface area contributed by atoms with Gasteiger partial charge in [-0.25, -0.2) is 0 Å². The van der Waals surface area contributed by atoms with Crippen molar-refractivity contribution >= 4 is 5.91 Å². The van der Waals surface area contributed by atoms with Crippen molar-refractivity contribution in [3.63, 3.8) is 0 Å². The standard InChI is InChI=1S/C14H27N3O/c1-2-17-10-6-12(7-11-17)16-13(18)14(15)8-4-3-5-9-14/h12H,2-11,15H2,1H3,(H,16,18). The van der Waals surface area contributed by atoms with Crippen molar-refractivity contribution in [2.75, 3.05) is 19.6 Å². The van der Waals surface area contributed by atoms with Crippen LogP contribution in [0.1, 0.15) is 51.9 Å². The second-order valence-corrected chi connectivity index (χ2v) is 5.90. The highest BCUT2D eigenvalue weighted by atomic mass is 16.2. The van der Waals surface area contributed by atoms with Gasteiger partial charge >= 0.3 is 0 Å². The molecule has 0 spiro atoms. The average molecular weight is 253 g/mol. The van der Waals surface area contributed by atoms with Crippen LogP contribution in [-0.4, -0.2) is 42.0 Å². The number of hydrogen-bond donors (Lipinski definition) is 2. The van der Waals surface area contributed by atoms with Gasteiger partial charge in [0.15, 0.2) is 0 Å². The molecule has 1 amide bonds. The Hall–Kier alpha value is -0.610. The number of hydrogen-bond acceptors (Lipinski definition) is 3. The maximum absolute atomic E-state index is 12.3. The SMILES string of the molecule is CCN1CCC(NC(=O)C2(N)CCCCC2)CC1. The van der Waals surface area contributed by atoms with Crippen molar-refractivity contribution in [2.45, 2.75) is 63.5 Å². The Labute approximate surface area is 110 Å². The van der Waals surface area contributed by atoms with E-state index < -0.39 is 5.54 Å². The zero-order chi connectivity index (χ0) is 13.0. The third-order valence-electron chi connectivity index (χ3n) is 4.57. The molecule has 0 bridgehead atoms. The molecule has 0 aromatic carbocycles. The zero-order valence-electron chi connectivity index (χ0n) is 11.6. The number of amides is 1. The molecule has 0 aromatic rings. The van der Waals surface area contributed by atoms with E-state index in [1.54, 1.807) is 0 Å². The van der Waals surface area contributed by atoms with Crippen LogP contribution in [-0.2, 0) is 4.79 Å². The minimum Gasteiger partial charge on any atom is -0.352 e. The first-order chi connectivity index (χ1) is 8.64. The van der Waals surface area contributed by atoms with E-state index >= 15 is 0 Å². The van der Waals surface area contributed by atoms with Crippen LogP contribution in [0.25, 0.3) is 0 Å². The topological polar surface area (TPSA) is 58.4 Å². The molecular formula is C14H27N3O. The van der Waals surface area contributed by atoms with Gasteiger partial charge in [0.1, 0.15) is 0 Å². The summed E-state index contributed by atoms with van der Waals surface area (Å²) < 4.78 is 0. The van der Waals surface area contributed by atoms with Crippen molar-refractivity contribution in [1.29, 1.82) is 0 Å². The molecular weight excluding hydrogens is 226 g/mol. The van der Waals surface area contributed by atoms with Crippen LogP contribution in [0.2, 0.25) is 0 Å². The summed E-state index contributed by atoms with van der Waals surface area (Å²) in [5, 5.41) is 3.18. The number of nitrogens with two attached hydrogens (primary N) is 1. The minimum atomic E-state index is -0.583. The monoisotopic (exact) mass is 253 g/mol. The summed E-state index contributed by atoms with van der Waals surface area (Å²) in [6.45, 7) is 5.50. The lowest BCUT2D eigenvalue weighted by Gasteiger charge is -2.36. The van der Waals surface area contributed by atoms with Gasteiger partial charge < -0.3 is 16.0 Å². The van der Waals surface area contributed by atoms with E-state index in [0.717, 1.165) is 58.2 Å². The van der Waals surface area contributed by atoms with Crippen molar-refractivity contribution in [1.82, 2.24) is 10.2 Å². The fraction of sp³-hybridized carbons (Fsp3) is 0.929. The van der Waals surface area contributed by atoms with Crippen molar-refractivity contribution < 1.29 is 4.79 Å². The van der Waals surface area contributed by atoms with Gasteiger partial charge in [0.05, 0.1) is 5.54 Å². The fourth-order valence-corrected chi connectivity index (χ4v) is 3.13. The predicted molar refractivity (Wildman–Crippen MR) is 73.3 cm³/mol. The molecule has 2 rings (SSSR count). The molecule has 104 valence electrons. The Kier molecular flexibility index (Phi) is 4.62. The lowest BCUT2D eigenvalue weighted by Crippen LogP contribution is -2.58. The third kappa shape index (κ3) is 3.23. The van der Waals surface area contributed by atoms with E-state index in [1.807, 2.05) is 0 Å². The summed E-state index contributed by atoms with van der Waals surface area (Å²) in [5.41, 5.74) is 5.67. The molecule has 1 saturated heterocycles. The fourth-order valence-electron chi connectivity index (χ4n) is 3.13. The quantitative estimate of drug-likeness (QED) is 0.796. The number of likely N-dealkylation sites (tertiary alicyclic amines) is 1. The van der Waals surface area contributed by atoms with Gasteiger partial charge in [-0.3, -0.25) is 4.79 Å². The first kappa shape index (κ1) is 13.8. The van der Waals surface area contributed by atoms with E-state index in [1.165, 1.54) is 6.42 Å². The molecule has 0 aromatic heterocycles. The molecule has 2 fully saturated rings. The number of nitrogens with zero attached hydrogens (tertiary/aromatic N) is 1. The van der Waals surface area contributed by atoms with Crippen LogP contribution < -0.4 is 11.1 Å². The number of nitrogens with one attached hydrogen (secondary N) is 1. The number of piperidine rings is 1. The van der Waals surface area contributed by atoms with Crippen molar-refractivity contribution in [2.24, 2.45) is 5.73 Å². The van der Waals surface area contributed by atoms with Crippen LogP contribution in [0.3, 0.4) is 0 Å². The maximum Gasteiger partial charge on any atom is 0.240 e. The van der Waals surface area contributed by atoms with Gasteiger partial charge in [0, 0.05) is 19.1 Å². The van der Waals surface area contributed by atoms with Gasteiger partial charge in [0.2, 0.25) is 5.91 Å². The minimum absolute atomic E-state index is 0.0946. The molecule has 0 radical (unpaired) electrons. The summed E-state index contributed by atoms with van der Waals surface area (Å²) in [6.07, 6.45) is 7.25. The lowest BCUT2D eigenvalue weighted by molar-refractivity contribution is -0.128. The van der Waals surface area contributed by atoms with Crippen molar-refractivity contribution in [3.05, 3.63) is 0 Å². The van der Waals surface area contributed by atoms with Gasteiger partial charge in [-0.15, -0.1) is 0 Å². The third-order valence-corrected chi connectivity index (χ3v) is 4.57. The van der Waals surface area contributed by atoms with Gasteiger partial charge in [-0.1, -0.05) is 26.2 Å². The first-order valence-electron chi connectivity index (χ1n) is 7.46. The van der Waals surface area contributed by atoms with Crippen LogP contribution in [0, 0.1) is 0 Å². The highest BCUT2D eigenvalue weighted by Gasteiger charge is 2.36. The summed E-state index contributed by atoms with van der Waals surface area (Å²) >= 11 is 0. The molecule has 18 heavy (non-hydrogen) atoms. The second-order valence-electron chi connectivity index (χ2n) is 5.90. The highest BCUT2D eigenvalue weighted by molar-refractivity contribution is 5.86. The van der Waals surface area contributed by atoms with E-state index in [0.29, 0.717) is 6.04 Å². The Bertz CT molecular complexity index is 279. The molecule has 3 N–H and O–H groups in total. The second kappa shape index (κ2) is 6.02. The van der Waals surface area contributed by atoms with Crippen LogP contribution in [0.4, 0.5) is 0 Å². The average Bonchev–Trinajstić information content (AvgIpc) is 2.40. The lowest BCUT2D eigenvalue weighted by atomic mass is 9.81. The van der Waals surface area contributed by atoms with E-state index in [-0.39, 0.29) is 5.91 Å². The van der Waals surface area contributed by atoms with Gasteiger partial charge in [0.25, 0.3) is 0 Å². The summed E-state index contributed by atoms with van der Waals surface area (Å²) in [7, 11) is 0. The summed E-state index contributed by atoms with van der Waals surface area (Å²) in [5.74, 6) is 0.0946. The zero-order valence-corrected chi connectivity index (χ0v) is 11.6. The van der Waals surface area contributed by atoms with Crippen LogP contribution in [0.15, 0.2) is 0 Å². The molecule has 4 nitrogen and oxygen atoms in total. The molecule has 1 aliphatic carbocycles. The van der Waals surface area contributed by atoms with Crippen molar-refractivity contribution in [3.8, 4) is 0 Å². The summed E-state index contributed by atoms with van der Waals surface area (Å²) in [4.78, 5) is 14.7. The smallest absolute Gasteiger partial charge is 0.240 e. The predicted octanol–water partition coefficient (Wildman–Crippen LogP) is 1.25. The molecule has 4 heteroatoms. The highest BCUT2D eigenvalue weighted by Crippen LogP contribution is 2.26. The van der Waals surface area contributed by atoms with Gasteiger partial charge in [-0.05, 0) is 32.2 Å². The van der Waals surface area contributed by atoms with Gasteiger partial charge in [-0.2, -0.15) is 0 Å². The summed E-state index contributed by atoms with van der Waals surface area (Å²) in [6, 6.07) is 0.336. The molecule has 1 saturated carbocycles. The largest absolute Gasteiger partial charge is 0.352 e. The number of rotatable bonds is 3. The molecule has 1 heterocycles. The Morgan fingerprint density at radius 1 is 1.28 bits per heavy atom. The van der Waals surface area contributed by atoms with Crippen LogP contribution in [0.5, 0.6) is 0 Å². The first-order valence-corrected chi connectivity index (χ1v) is 7.46. The molecule has 0 atom stereocenters. The Morgan fingerprint density at radius 3 is 2.44 bits per heavy atom. The molecule has 2 aliphatic rings. The Morgan fingerprint density at radius 2 is 1.89 bits per heavy atom. The molecule has 0 unspecified atom stereocenters. The normalized spacial score (nSPS) is 25.9. The van der Waals surface area contributed by atoms with E-state index in [4.69, 9.17) is 5.73 Å². The van der Waals surface area contributed by atoms with E-state index in [9.17, 15) is 4.79 Å².